The molecule has 4 N–H and O–H groups in total. The monoisotopic (exact) mass is 382 g/mol. The predicted octanol–water partition coefficient (Wildman–Crippen LogP) is 1.48. The Hall–Kier alpha value is -2.90. The first-order chi connectivity index (χ1) is 13.5. The molecule has 1 aliphatic rings. The number of nitrogens with zero attached hydrogens (tertiary/aromatic N) is 1. The molecule has 0 bridgehead atoms. The third-order valence-electron chi connectivity index (χ3n) is 4.81. The number of hydrogen-bond acceptors (Lipinski definition) is 5. The maximum absolute atomic E-state index is 12.4. The second-order valence-corrected chi connectivity index (χ2v) is 7.06. The van der Waals surface area contributed by atoms with Crippen LogP contribution in [0.25, 0.3) is 10.8 Å². The third kappa shape index (κ3) is 4.49. The quantitative estimate of drug-likeness (QED) is 0.292. The number of ether oxygens (including phenoxy) is 1. The normalized spacial score (nSPS) is 17.2. The number of rotatable bonds is 7. The molecule has 7 heteroatoms. The highest BCUT2D eigenvalue weighted by Gasteiger charge is 2.32. The van der Waals surface area contributed by atoms with E-state index in [4.69, 9.17) is 10.6 Å². The van der Waals surface area contributed by atoms with Gasteiger partial charge in [0.2, 0.25) is 11.8 Å². The average Bonchev–Trinajstić information content (AvgIpc) is 2.69. The van der Waals surface area contributed by atoms with Crippen LogP contribution in [0.4, 0.5) is 0 Å². The minimum Gasteiger partial charge on any atom is -0.489 e. The average molecular weight is 382 g/mol. The van der Waals surface area contributed by atoms with E-state index in [1.165, 1.54) is 0 Å². The van der Waals surface area contributed by atoms with Crippen LogP contribution >= 0.6 is 0 Å². The van der Waals surface area contributed by atoms with Gasteiger partial charge >= 0.3 is 0 Å². The summed E-state index contributed by atoms with van der Waals surface area (Å²) in [6, 6.07) is 11.5. The van der Waals surface area contributed by atoms with Gasteiger partial charge in [-0.25, -0.2) is 5.84 Å². The van der Waals surface area contributed by atoms with Gasteiger partial charge in [0.25, 0.3) is 0 Å². The molecule has 0 radical (unpaired) electrons. The van der Waals surface area contributed by atoms with E-state index < -0.39 is 6.04 Å². The van der Waals surface area contributed by atoms with E-state index in [0.29, 0.717) is 26.2 Å². The molecule has 0 aliphatic carbocycles. The van der Waals surface area contributed by atoms with Crippen LogP contribution in [0.15, 0.2) is 48.6 Å². The number of carbonyl (C=O) groups is 2. The number of fused-ring (bicyclic) bond motifs is 1. The molecule has 7 nitrogen and oxygen atoms in total. The van der Waals surface area contributed by atoms with Crippen LogP contribution in [-0.2, 0) is 16.1 Å². The van der Waals surface area contributed by atoms with Gasteiger partial charge in [-0.15, -0.1) is 0 Å². The maximum Gasteiger partial charge on any atom is 0.237 e. The van der Waals surface area contributed by atoms with Gasteiger partial charge in [-0.3, -0.25) is 19.9 Å². The Morgan fingerprint density at radius 3 is 2.89 bits per heavy atom. The molecule has 1 fully saturated rings. The van der Waals surface area contributed by atoms with Crippen molar-refractivity contribution < 1.29 is 14.3 Å². The molecule has 0 spiro atoms. The standard InChI is InChI=1S/C21H26N4O3/c1-14(2)13-28-19-8-7-15-5-3-4-6-16(15)17(19)12-25-10-9-23-21(27)18(25)11-20(26)24-22/h3-8,18H,1,9-13,22H2,2H3,(H,23,27)(H,24,26). The highest BCUT2D eigenvalue weighted by molar-refractivity contribution is 5.89. The number of hydrogen-bond donors (Lipinski definition) is 3. The number of benzene rings is 2. The van der Waals surface area contributed by atoms with Crippen molar-refractivity contribution in [3.63, 3.8) is 0 Å². The van der Waals surface area contributed by atoms with Crippen LogP contribution in [-0.4, -0.2) is 42.5 Å². The van der Waals surface area contributed by atoms with Crippen molar-refractivity contribution in [2.45, 2.75) is 25.9 Å². The molecule has 2 aromatic carbocycles. The van der Waals surface area contributed by atoms with E-state index in [-0.39, 0.29) is 18.2 Å². The maximum atomic E-state index is 12.4. The number of nitrogens with one attached hydrogen (secondary N) is 2. The molecule has 28 heavy (non-hydrogen) atoms. The molecular formula is C21H26N4O3. The Kier molecular flexibility index (Phi) is 6.28. The summed E-state index contributed by atoms with van der Waals surface area (Å²) in [4.78, 5) is 26.2. The van der Waals surface area contributed by atoms with E-state index in [2.05, 4.69) is 17.3 Å². The van der Waals surface area contributed by atoms with Crippen molar-refractivity contribution in [2.75, 3.05) is 19.7 Å². The van der Waals surface area contributed by atoms with Crippen LogP contribution in [0.2, 0.25) is 0 Å². The summed E-state index contributed by atoms with van der Waals surface area (Å²) >= 11 is 0. The summed E-state index contributed by atoms with van der Waals surface area (Å²) in [6.45, 7) is 7.89. The topological polar surface area (TPSA) is 96.7 Å². The Bertz CT molecular complexity index is 896. The lowest BCUT2D eigenvalue weighted by Gasteiger charge is -2.35. The van der Waals surface area contributed by atoms with E-state index >= 15 is 0 Å². The van der Waals surface area contributed by atoms with Gasteiger partial charge in [0, 0.05) is 25.2 Å². The van der Waals surface area contributed by atoms with Gasteiger partial charge in [0.15, 0.2) is 0 Å². The Morgan fingerprint density at radius 1 is 1.36 bits per heavy atom. The third-order valence-corrected chi connectivity index (χ3v) is 4.81. The minimum absolute atomic E-state index is 0.00898. The smallest absolute Gasteiger partial charge is 0.237 e. The molecule has 0 saturated carbocycles. The van der Waals surface area contributed by atoms with Crippen LogP contribution < -0.4 is 21.3 Å². The summed E-state index contributed by atoms with van der Waals surface area (Å²) in [6.07, 6.45) is 0.00898. The lowest BCUT2D eigenvalue weighted by atomic mass is 10.0. The summed E-state index contributed by atoms with van der Waals surface area (Å²) in [7, 11) is 0. The van der Waals surface area contributed by atoms with E-state index in [9.17, 15) is 9.59 Å². The van der Waals surface area contributed by atoms with Gasteiger partial charge in [0.05, 0.1) is 12.5 Å². The second kappa shape index (κ2) is 8.86. The molecule has 1 saturated heterocycles. The van der Waals surface area contributed by atoms with Crippen LogP contribution in [0, 0.1) is 0 Å². The van der Waals surface area contributed by atoms with Gasteiger partial charge in [-0.05, 0) is 29.3 Å². The summed E-state index contributed by atoms with van der Waals surface area (Å²) in [5, 5.41) is 4.98. The minimum atomic E-state index is -0.578. The van der Waals surface area contributed by atoms with Crippen molar-refractivity contribution in [3.8, 4) is 5.75 Å². The lowest BCUT2D eigenvalue weighted by Crippen LogP contribution is -2.56. The van der Waals surface area contributed by atoms with E-state index in [0.717, 1.165) is 27.7 Å². The zero-order valence-electron chi connectivity index (χ0n) is 16.0. The molecular weight excluding hydrogens is 356 g/mol. The molecule has 1 unspecified atom stereocenters. The van der Waals surface area contributed by atoms with Crippen molar-refractivity contribution in [1.29, 1.82) is 0 Å². The number of piperazine rings is 1. The fourth-order valence-electron chi connectivity index (χ4n) is 3.43. The Labute approximate surface area is 164 Å². The van der Waals surface area contributed by atoms with Crippen molar-refractivity contribution in [2.24, 2.45) is 5.84 Å². The fourth-order valence-corrected chi connectivity index (χ4v) is 3.43. The summed E-state index contributed by atoms with van der Waals surface area (Å²) < 4.78 is 5.99. The second-order valence-electron chi connectivity index (χ2n) is 7.06. The SMILES string of the molecule is C=C(C)COc1ccc2ccccc2c1CN1CCNC(=O)C1CC(=O)NN. The van der Waals surface area contributed by atoms with Crippen LogP contribution in [0.3, 0.4) is 0 Å². The molecule has 2 aromatic rings. The summed E-state index contributed by atoms with van der Waals surface area (Å²) in [5.41, 5.74) is 4.03. The number of hydrazine groups is 1. The highest BCUT2D eigenvalue weighted by atomic mass is 16.5. The molecule has 1 heterocycles. The number of carbonyl (C=O) groups excluding carboxylic acids is 2. The first kappa shape index (κ1) is 19.9. The van der Waals surface area contributed by atoms with Gasteiger partial charge in [-0.2, -0.15) is 0 Å². The van der Waals surface area contributed by atoms with E-state index in [1.54, 1.807) is 0 Å². The van der Waals surface area contributed by atoms with Gasteiger partial charge in [-0.1, -0.05) is 36.9 Å². The van der Waals surface area contributed by atoms with Crippen molar-refractivity contribution in [1.82, 2.24) is 15.6 Å². The molecule has 1 atom stereocenters. The first-order valence-corrected chi connectivity index (χ1v) is 9.28. The molecule has 1 aliphatic heterocycles. The number of nitrogens with two attached hydrogens (primary N) is 1. The number of amides is 2. The first-order valence-electron chi connectivity index (χ1n) is 9.28. The largest absolute Gasteiger partial charge is 0.489 e. The van der Waals surface area contributed by atoms with Crippen LogP contribution in [0.1, 0.15) is 18.9 Å². The molecule has 148 valence electrons. The van der Waals surface area contributed by atoms with Crippen LogP contribution in [0.5, 0.6) is 5.75 Å². The van der Waals surface area contributed by atoms with Gasteiger partial charge in [0.1, 0.15) is 12.4 Å². The van der Waals surface area contributed by atoms with Crippen molar-refractivity contribution in [3.05, 3.63) is 54.1 Å². The van der Waals surface area contributed by atoms with E-state index in [1.807, 2.05) is 48.2 Å². The zero-order valence-corrected chi connectivity index (χ0v) is 16.0. The predicted molar refractivity (Wildman–Crippen MR) is 108 cm³/mol. The Morgan fingerprint density at radius 2 is 2.14 bits per heavy atom. The zero-order chi connectivity index (χ0) is 20.1. The Balaban J connectivity index is 1.95. The highest BCUT2D eigenvalue weighted by Crippen LogP contribution is 2.30. The molecule has 0 aromatic heterocycles. The van der Waals surface area contributed by atoms with Crippen molar-refractivity contribution >= 4 is 22.6 Å². The van der Waals surface area contributed by atoms with Gasteiger partial charge < -0.3 is 10.1 Å². The summed E-state index contributed by atoms with van der Waals surface area (Å²) in [5.74, 6) is 5.44. The molecule has 2 amide bonds. The molecule has 3 rings (SSSR count). The fraction of sp³-hybridized carbons (Fsp3) is 0.333. The lowest BCUT2D eigenvalue weighted by molar-refractivity contribution is -0.134.